The molecule has 1 amide bonds. The van der Waals surface area contributed by atoms with Crippen LogP contribution < -0.4 is 5.32 Å². The van der Waals surface area contributed by atoms with Gasteiger partial charge in [-0.3, -0.25) is 9.20 Å². The van der Waals surface area contributed by atoms with Crippen LogP contribution in [-0.4, -0.2) is 15.3 Å². The molecule has 0 spiro atoms. The maximum atomic E-state index is 12.3. The Morgan fingerprint density at radius 1 is 1.28 bits per heavy atom. The van der Waals surface area contributed by atoms with Crippen molar-refractivity contribution in [2.24, 2.45) is 0 Å². The van der Waals surface area contributed by atoms with Crippen LogP contribution in [-0.2, 0) is 4.79 Å². The summed E-state index contributed by atoms with van der Waals surface area (Å²) < 4.78 is 1.85. The van der Waals surface area contributed by atoms with Crippen molar-refractivity contribution in [3.63, 3.8) is 0 Å². The average molecular weight is 354 g/mol. The molecule has 0 aliphatic rings. The molecule has 0 bridgehead atoms. The van der Waals surface area contributed by atoms with Gasteiger partial charge in [0.25, 0.3) is 0 Å². The molecule has 4 nitrogen and oxygen atoms in total. The summed E-state index contributed by atoms with van der Waals surface area (Å²) in [6.45, 7) is 4.10. The van der Waals surface area contributed by atoms with Gasteiger partial charge in [-0.15, -0.1) is 0 Å². The highest BCUT2D eigenvalue weighted by atomic mass is 35.5. The number of rotatable bonds is 5. The zero-order chi connectivity index (χ0) is 17.8. The van der Waals surface area contributed by atoms with Crippen molar-refractivity contribution in [3.8, 4) is 0 Å². The van der Waals surface area contributed by atoms with Crippen LogP contribution in [0.4, 0.5) is 0 Å². The van der Waals surface area contributed by atoms with E-state index >= 15 is 0 Å². The summed E-state index contributed by atoms with van der Waals surface area (Å²) in [5.74, 6) is -0.158. The van der Waals surface area contributed by atoms with Gasteiger partial charge in [0.15, 0.2) is 5.15 Å². The van der Waals surface area contributed by atoms with Crippen LogP contribution in [0, 0.1) is 6.92 Å². The molecule has 0 aliphatic carbocycles. The minimum absolute atomic E-state index is 0.0181. The second kappa shape index (κ2) is 7.53. The van der Waals surface area contributed by atoms with E-state index < -0.39 is 0 Å². The fourth-order valence-electron chi connectivity index (χ4n) is 2.73. The van der Waals surface area contributed by atoms with Crippen LogP contribution in [0.5, 0.6) is 0 Å². The van der Waals surface area contributed by atoms with E-state index in [-0.39, 0.29) is 11.9 Å². The largest absolute Gasteiger partial charge is 0.346 e. The van der Waals surface area contributed by atoms with Crippen molar-refractivity contribution >= 4 is 29.2 Å². The number of carbonyl (C=O) groups excluding carboxylic acids is 1. The number of benzene rings is 1. The number of amides is 1. The number of nitrogens with one attached hydrogen (secondary N) is 1. The van der Waals surface area contributed by atoms with Gasteiger partial charge >= 0.3 is 0 Å². The topological polar surface area (TPSA) is 46.4 Å². The maximum Gasteiger partial charge on any atom is 0.244 e. The zero-order valence-electron chi connectivity index (χ0n) is 14.2. The van der Waals surface area contributed by atoms with Crippen molar-refractivity contribution in [1.82, 2.24) is 14.7 Å². The number of halogens is 1. The van der Waals surface area contributed by atoms with Crippen LogP contribution in [0.2, 0.25) is 5.15 Å². The second-order valence-corrected chi connectivity index (χ2v) is 6.29. The lowest BCUT2D eigenvalue weighted by molar-refractivity contribution is -0.117. The Kier molecular flexibility index (Phi) is 5.19. The van der Waals surface area contributed by atoms with E-state index in [0.717, 1.165) is 17.6 Å². The van der Waals surface area contributed by atoms with Crippen LogP contribution in [0.25, 0.3) is 11.7 Å². The number of fused-ring (bicyclic) bond motifs is 1. The van der Waals surface area contributed by atoms with Gasteiger partial charge in [0.05, 0.1) is 11.7 Å². The van der Waals surface area contributed by atoms with Crippen molar-refractivity contribution in [1.29, 1.82) is 0 Å². The van der Waals surface area contributed by atoms with Crippen molar-refractivity contribution in [2.75, 3.05) is 0 Å². The minimum Gasteiger partial charge on any atom is -0.346 e. The van der Waals surface area contributed by atoms with Gasteiger partial charge in [0.2, 0.25) is 5.91 Å². The number of aromatic nitrogens is 2. The number of carbonyl (C=O) groups is 1. The molecule has 5 heteroatoms. The van der Waals surface area contributed by atoms with Crippen LogP contribution >= 0.6 is 11.6 Å². The molecule has 0 fully saturated rings. The van der Waals surface area contributed by atoms with Gasteiger partial charge < -0.3 is 5.32 Å². The van der Waals surface area contributed by atoms with Crippen LogP contribution in [0.1, 0.15) is 36.2 Å². The Labute approximate surface area is 152 Å². The number of hydrogen-bond acceptors (Lipinski definition) is 2. The van der Waals surface area contributed by atoms with E-state index in [4.69, 9.17) is 11.6 Å². The predicted octanol–water partition coefficient (Wildman–Crippen LogP) is 4.58. The van der Waals surface area contributed by atoms with Gasteiger partial charge in [0, 0.05) is 12.3 Å². The normalized spacial score (nSPS) is 12.6. The lowest BCUT2D eigenvalue weighted by Gasteiger charge is -2.16. The molecule has 1 N–H and O–H groups in total. The molecule has 128 valence electrons. The molecule has 25 heavy (non-hydrogen) atoms. The van der Waals surface area contributed by atoms with E-state index in [9.17, 15) is 4.79 Å². The molecule has 3 rings (SSSR count). The molecular weight excluding hydrogens is 334 g/mol. The number of nitrogens with zero attached hydrogens (tertiary/aromatic N) is 2. The molecule has 2 heterocycles. The van der Waals surface area contributed by atoms with Crippen molar-refractivity contribution in [3.05, 3.63) is 76.7 Å². The quantitative estimate of drug-likeness (QED) is 0.682. The minimum atomic E-state index is -0.158. The van der Waals surface area contributed by atoms with E-state index in [1.54, 1.807) is 6.08 Å². The molecule has 0 radical (unpaired) electrons. The Balaban J connectivity index is 1.75. The van der Waals surface area contributed by atoms with Gasteiger partial charge in [-0.05, 0) is 37.1 Å². The Bertz CT molecular complexity index is 912. The second-order valence-electron chi connectivity index (χ2n) is 5.93. The molecule has 2 aromatic heterocycles. The number of aryl methyl sites for hydroxylation is 1. The number of imidazole rings is 1. The lowest BCUT2D eigenvalue weighted by atomic mass is 10.0. The van der Waals surface area contributed by atoms with Gasteiger partial charge in [0.1, 0.15) is 5.65 Å². The maximum absolute atomic E-state index is 12.3. The summed E-state index contributed by atoms with van der Waals surface area (Å²) >= 11 is 6.18. The molecule has 1 aromatic carbocycles. The zero-order valence-corrected chi connectivity index (χ0v) is 15.0. The Hall–Kier alpha value is -2.59. The Morgan fingerprint density at radius 3 is 2.76 bits per heavy atom. The first-order chi connectivity index (χ1) is 12.1. The molecular formula is C20H20ClN3O. The third kappa shape index (κ3) is 3.91. The van der Waals surface area contributed by atoms with E-state index in [0.29, 0.717) is 10.8 Å². The number of hydrogen-bond donors (Lipinski definition) is 1. The summed E-state index contributed by atoms with van der Waals surface area (Å²) in [6.07, 6.45) is 5.88. The SMILES string of the molecule is CC[C@H](NC(=O)/C=C/c1c(Cl)nc2ccccn12)c1ccc(C)cc1. The Morgan fingerprint density at radius 2 is 2.04 bits per heavy atom. The van der Waals surface area contributed by atoms with E-state index in [1.165, 1.54) is 11.6 Å². The summed E-state index contributed by atoms with van der Waals surface area (Å²) in [4.78, 5) is 16.6. The number of pyridine rings is 1. The lowest BCUT2D eigenvalue weighted by Crippen LogP contribution is -2.26. The van der Waals surface area contributed by atoms with E-state index in [1.807, 2.05) is 35.7 Å². The van der Waals surface area contributed by atoms with Gasteiger partial charge in [-0.2, -0.15) is 0 Å². The van der Waals surface area contributed by atoms with Crippen LogP contribution in [0.15, 0.2) is 54.7 Å². The fraction of sp³-hybridized carbons (Fsp3) is 0.200. The molecule has 3 aromatic rings. The van der Waals surface area contributed by atoms with E-state index in [2.05, 4.69) is 41.5 Å². The highest BCUT2D eigenvalue weighted by Crippen LogP contribution is 2.20. The van der Waals surface area contributed by atoms with Gasteiger partial charge in [-0.1, -0.05) is 54.4 Å². The molecule has 0 saturated heterocycles. The highest BCUT2D eigenvalue weighted by Gasteiger charge is 2.12. The fourth-order valence-corrected chi connectivity index (χ4v) is 2.97. The van der Waals surface area contributed by atoms with Crippen molar-refractivity contribution in [2.45, 2.75) is 26.3 Å². The summed E-state index contributed by atoms with van der Waals surface area (Å²) in [6, 6.07) is 13.8. The van der Waals surface area contributed by atoms with Gasteiger partial charge in [-0.25, -0.2) is 4.98 Å². The summed E-state index contributed by atoms with van der Waals surface area (Å²) in [5.41, 5.74) is 3.74. The molecule has 0 aliphatic heterocycles. The monoisotopic (exact) mass is 353 g/mol. The molecule has 1 atom stereocenters. The summed E-state index contributed by atoms with van der Waals surface area (Å²) in [7, 11) is 0. The third-order valence-electron chi connectivity index (χ3n) is 4.12. The average Bonchev–Trinajstić information content (AvgIpc) is 2.94. The molecule has 0 unspecified atom stereocenters. The predicted molar refractivity (Wildman–Crippen MR) is 102 cm³/mol. The summed E-state index contributed by atoms with van der Waals surface area (Å²) in [5, 5.41) is 3.41. The highest BCUT2D eigenvalue weighted by molar-refractivity contribution is 6.31. The first-order valence-electron chi connectivity index (χ1n) is 8.26. The first kappa shape index (κ1) is 17.2. The first-order valence-corrected chi connectivity index (χ1v) is 8.64. The molecule has 0 saturated carbocycles. The smallest absolute Gasteiger partial charge is 0.244 e. The van der Waals surface area contributed by atoms with Crippen LogP contribution in [0.3, 0.4) is 0 Å². The third-order valence-corrected chi connectivity index (χ3v) is 4.40. The van der Waals surface area contributed by atoms with Crippen molar-refractivity contribution < 1.29 is 4.79 Å². The standard InChI is InChI=1S/C20H20ClN3O/c1-3-16(15-9-7-14(2)8-10-15)22-19(25)12-11-17-20(21)23-18-6-4-5-13-24(17)18/h4-13,16H,3H2,1-2H3,(H,22,25)/b12-11+/t16-/m0/s1.